The van der Waals surface area contributed by atoms with Crippen LogP contribution in [0.1, 0.15) is 22.3 Å². The lowest BCUT2D eigenvalue weighted by molar-refractivity contribution is 0.364. The van der Waals surface area contributed by atoms with Crippen LogP contribution in [0, 0.1) is 0 Å². The monoisotopic (exact) mass is 901 g/mol. The van der Waals surface area contributed by atoms with E-state index in [1.807, 2.05) is 30.3 Å². The zero-order valence-corrected chi connectivity index (χ0v) is 38.3. The van der Waals surface area contributed by atoms with Gasteiger partial charge in [0.15, 0.2) is 23.0 Å². The molecule has 0 unspecified atom stereocenters. The Bertz CT molecular complexity index is 3600. The Balaban J connectivity index is 0.985. The van der Waals surface area contributed by atoms with Crippen molar-refractivity contribution in [1.29, 1.82) is 0 Å². The molecule has 0 fully saturated rings. The van der Waals surface area contributed by atoms with Crippen molar-refractivity contribution < 1.29 is 9.47 Å². The summed E-state index contributed by atoms with van der Waals surface area (Å²) in [6, 6.07) is 93.7. The molecule has 3 nitrogen and oxygen atoms in total. The van der Waals surface area contributed by atoms with Crippen molar-refractivity contribution >= 4 is 28.4 Å². The second-order valence-corrected chi connectivity index (χ2v) is 18.6. The van der Waals surface area contributed by atoms with Crippen LogP contribution in [-0.2, 0) is 5.41 Å². The number of rotatable bonds is 9. The lowest BCUT2D eigenvalue weighted by Crippen LogP contribution is -2.28. The number of anilines is 3. The molecule has 11 aromatic rings. The third-order valence-corrected chi connectivity index (χ3v) is 14.9. The molecule has 0 atom stereocenters. The number of para-hydroxylation sites is 2. The van der Waals surface area contributed by atoms with Gasteiger partial charge in [-0.1, -0.05) is 212 Å². The lowest BCUT2D eigenvalue weighted by atomic mass is 9.68. The van der Waals surface area contributed by atoms with Crippen LogP contribution in [-0.4, -0.2) is 0 Å². The lowest BCUT2D eigenvalue weighted by Gasteiger charge is -2.34. The Labute approximate surface area is 406 Å². The summed E-state index contributed by atoms with van der Waals surface area (Å²) in [6.07, 6.45) is 0. The van der Waals surface area contributed by atoms with E-state index in [4.69, 9.17) is 9.47 Å². The zero-order chi connectivity index (χ0) is 45.7. The van der Waals surface area contributed by atoms with Gasteiger partial charge in [0.25, 0.3) is 0 Å². The highest BCUT2D eigenvalue weighted by Gasteiger charge is 2.46. The molecule has 0 radical (unpaired) electrons. The first-order valence-electron chi connectivity index (χ1n) is 23.4. The van der Waals surface area contributed by atoms with Gasteiger partial charge < -0.3 is 14.4 Å². The number of nitrogens with zero attached hydrogens (tertiary/aromatic N) is 1. The molecule has 2 heterocycles. The smallest absolute Gasteiger partial charge is 0.189 e. The Morgan fingerprint density at radius 2 is 0.739 bits per heavy atom. The van der Waals surface area contributed by atoms with Crippen molar-refractivity contribution in [3.8, 4) is 77.3 Å². The van der Waals surface area contributed by atoms with Crippen molar-refractivity contribution in [3.05, 3.63) is 283 Å². The summed E-state index contributed by atoms with van der Waals surface area (Å²) in [4.78, 5) is 4.46. The molecule has 69 heavy (non-hydrogen) atoms. The Morgan fingerprint density at radius 3 is 1.30 bits per heavy atom. The van der Waals surface area contributed by atoms with Crippen LogP contribution in [0.2, 0.25) is 0 Å². The fraction of sp³-hybridized carbons (Fsp3) is 0.0154. The molecule has 0 saturated heterocycles. The molecule has 0 bridgehead atoms. The molecule has 0 amide bonds. The van der Waals surface area contributed by atoms with Crippen LogP contribution < -0.4 is 14.4 Å². The van der Waals surface area contributed by atoms with Crippen LogP contribution in [0.25, 0.3) is 54.3 Å². The van der Waals surface area contributed by atoms with Crippen LogP contribution in [0.3, 0.4) is 0 Å². The predicted molar refractivity (Wildman–Crippen MR) is 285 cm³/mol. The average molecular weight is 902 g/mol. The molecular weight excluding hydrogens is 859 g/mol. The first kappa shape index (κ1) is 40.6. The first-order chi connectivity index (χ1) is 34.2. The van der Waals surface area contributed by atoms with E-state index in [2.05, 4.69) is 235 Å². The molecule has 2 aliphatic rings. The SMILES string of the molecule is c1ccc(-c2ccc(N(c3ccc(-c4sc(-c5ccccc5)c5c4Oc4ccccc4O5)cc3)c3ccc(C4(c5ccccc5)c5ccccc5-c5ccccc54)cc3)c(-c3ccccc3)c2)cc1. The maximum absolute atomic E-state index is 6.71. The van der Waals surface area contributed by atoms with Crippen molar-refractivity contribution in [3.63, 3.8) is 0 Å². The molecule has 1 aromatic heterocycles. The van der Waals surface area contributed by atoms with Gasteiger partial charge in [-0.2, -0.15) is 0 Å². The zero-order valence-electron chi connectivity index (χ0n) is 37.5. The molecule has 1 aliphatic carbocycles. The predicted octanol–water partition coefficient (Wildman–Crippen LogP) is 18.1. The van der Waals surface area contributed by atoms with Gasteiger partial charge in [0.05, 0.1) is 20.9 Å². The number of fused-ring (bicyclic) bond motifs is 5. The van der Waals surface area contributed by atoms with Crippen LogP contribution in [0.5, 0.6) is 23.0 Å². The Morgan fingerprint density at radius 1 is 0.319 bits per heavy atom. The van der Waals surface area contributed by atoms with E-state index in [0.717, 1.165) is 66.1 Å². The quantitative estimate of drug-likeness (QED) is 0.144. The summed E-state index contributed by atoms with van der Waals surface area (Å²) >= 11 is 1.70. The highest BCUT2D eigenvalue weighted by atomic mass is 32.1. The second kappa shape index (κ2) is 16.9. The summed E-state index contributed by atoms with van der Waals surface area (Å²) in [6.45, 7) is 0. The number of thiophene rings is 1. The van der Waals surface area contributed by atoms with Gasteiger partial charge in [-0.05, 0) is 110 Å². The van der Waals surface area contributed by atoms with Gasteiger partial charge in [-0.3, -0.25) is 0 Å². The maximum atomic E-state index is 6.71. The minimum absolute atomic E-state index is 0.503. The standard InChI is InChI=1S/C65H43NO2S/c1-5-19-44(20-6-1)48-35-42-58(55(43-48)45-21-7-2-8-22-45)66(51-38-33-47(34-39-51)64-62-61(63(69-64)46-23-9-3-10-24-46)67-59-31-17-18-32-60(59)68-62)52-40-36-50(37-41-52)65(49-25-11-4-12-26-49)56-29-15-13-27-53(56)54-28-14-16-30-57(54)65/h1-43H. The summed E-state index contributed by atoms with van der Waals surface area (Å²) in [5.74, 6) is 2.91. The first-order valence-corrected chi connectivity index (χ1v) is 24.2. The highest BCUT2D eigenvalue weighted by molar-refractivity contribution is 7.19. The van der Waals surface area contributed by atoms with Gasteiger partial charge in [0, 0.05) is 16.9 Å². The van der Waals surface area contributed by atoms with E-state index in [0.29, 0.717) is 11.5 Å². The van der Waals surface area contributed by atoms with E-state index in [1.54, 1.807) is 11.3 Å². The normalized spacial score (nSPS) is 12.7. The molecule has 13 rings (SSSR count). The summed E-state index contributed by atoms with van der Waals surface area (Å²) in [5.41, 5.74) is 17.0. The van der Waals surface area contributed by atoms with Gasteiger partial charge in [0.2, 0.25) is 0 Å². The second-order valence-electron chi connectivity index (χ2n) is 17.5. The van der Waals surface area contributed by atoms with Crippen molar-refractivity contribution in [2.24, 2.45) is 0 Å². The van der Waals surface area contributed by atoms with E-state index >= 15 is 0 Å². The van der Waals surface area contributed by atoms with Gasteiger partial charge in [-0.15, -0.1) is 11.3 Å². The Kier molecular flexibility index (Phi) is 9.92. The van der Waals surface area contributed by atoms with Crippen LogP contribution in [0.4, 0.5) is 17.1 Å². The van der Waals surface area contributed by atoms with Crippen LogP contribution >= 0.6 is 11.3 Å². The fourth-order valence-electron chi connectivity index (χ4n) is 10.5. The number of hydrogen-bond donors (Lipinski definition) is 0. The third-order valence-electron chi connectivity index (χ3n) is 13.7. The molecular formula is C65H43NO2S. The van der Waals surface area contributed by atoms with Gasteiger partial charge >= 0.3 is 0 Å². The molecule has 1 aliphatic heterocycles. The molecule has 0 N–H and O–H groups in total. The van der Waals surface area contributed by atoms with Crippen molar-refractivity contribution in [2.45, 2.75) is 5.41 Å². The average Bonchev–Trinajstić information content (AvgIpc) is 3.95. The summed E-state index contributed by atoms with van der Waals surface area (Å²) in [5, 5.41) is 0. The number of hydrogen-bond acceptors (Lipinski definition) is 4. The highest BCUT2D eigenvalue weighted by Crippen LogP contribution is 2.60. The minimum Gasteiger partial charge on any atom is -0.448 e. The topological polar surface area (TPSA) is 21.7 Å². The van der Waals surface area contributed by atoms with E-state index < -0.39 is 5.41 Å². The third kappa shape index (κ3) is 6.79. The number of ether oxygens (including phenoxy) is 2. The maximum Gasteiger partial charge on any atom is 0.189 e. The van der Waals surface area contributed by atoms with E-state index in [-0.39, 0.29) is 0 Å². The van der Waals surface area contributed by atoms with Crippen LogP contribution in [0.15, 0.2) is 261 Å². The largest absolute Gasteiger partial charge is 0.448 e. The van der Waals surface area contributed by atoms with E-state index in [1.165, 1.54) is 38.9 Å². The van der Waals surface area contributed by atoms with E-state index in [9.17, 15) is 0 Å². The van der Waals surface area contributed by atoms with Crippen molar-refractivity contribution in [1.82, 2.24) is 0 Å². The molecule has 326 valence electrons. The fourth-order valence-corrected chi connectivity index (χ4v) is 11.7. The minimum atomic E-state index is -0.503. The number of benzene rings is 10. The molecule has 0 spiro atoms. The molecule has 10 aromatic carbocycles. The molecule has 4 heteroatoms. The molecule has 0 saturated carbocycles. The summed E-state index contributed by atoms with van der Waals surface area (Å²) in [7, 11) is 0. The summed E-state index contributed by atoms with van der Waals surface area (Å²) < 4.78 is 13.3. The Hall–Kier alpha value is -8.70. The van der Waals surface area contributed by atoms with Crippen molar-refractivity contribution in [2.75, 3.05) is 4.90 Å². The van der Waals surface area contributed by atoms with Gasteiger partial charge in [0.1, 0.15) is 0 Å². The van der Waals surface area contributed by atoms with Gasteiger partial charge in [-0.25, -0.2) is 0 Å².